The molecule has 19 heavy (non-hydrogen) atoms. The Hall–Kier alpha value is -0.160. The Balaban J connectivity index is 1.90. The number of hydrogen-bond donors (Lipinski definition) is 2. The number of rotatable bonds is 9. The summed E-state index contributed by atoms with van der Waals surface area (Å²) in [7, 11) is 1.78. The normalized spacial score (nSPS) is 31.3. The molecule has 0 bridgehead atoms. The molecule has 0 aromatic rings. The van der Waals surface area contributed by atoms with Crippen molar-refractivity contribution in [3.63, 3.8) is 0 Å². The van der Waals surface area contributed by atoms with E-state index in [1.807, 2.05) is 0 Å². The van der Waals surface area contributed by atoms with Gasteiger partial charge in [0.05, 0.1) is 13.2 Å². The molecule has 0 saturated heterocycles. The van der Waals surface area contributed by atoms with Crippen molar-refractivity contribution in [1.29, 1.82) is 0 Å². The van der Waals surface area contributed by atoms with E-state index in [-0.39, 0.29) is 12.1 Å². The quantitative estimate of drug-likeness (QED) is 0.664. The van der Waals surface area contributed by atoms with Gasteiger partial charge in [-0.1, -0.05) is 6.92 Å². The topological polar surface area (TPSA) is 44.7 Å². The second-order valence-corrected chi connectivity index (χ2v) is 6.22. The van der Waals surface area contributed by atoms with Gasteiger partial charge in [0.15, 0.2) is 0 Å². The molecule has 0 spiro atoms. The predicted molar refractivity (Wildman–Crippen MR) is 77.4 cm³/mol. The summed E-state index contributed by atoms with van der Waals surface area (Å²) >= 11 is 0. The molecule has 0 aromatic heterocycles. The van der Waals surface area contributed by atoms with E-state index < -0.39 is 0 Å². The third-order valence-corrected chi connectivity index (χ3v) is 4.67. The van der Waals surface area contributed by atoms with E-state index in [0.29, 0.717) is 6.04 Å². The maximum atomic E-state index is 9.77. The summed E-state index contributed by atoms with van der Waals surface area (Å²) in [6, 6.07) is 1.40. The van der Waals surface area contributed by atoms with E-state index in [9.17, 15) is 5.11 Å². The van der Waals surface area contributed by atoms with E-state index in [1.54, 1.807) is 7.11 Å². The van der Waals surface area contributed by atoms with Crippen LogP contribution < -0.4 is 5.32 Å². The molecular formula is C15H30N2O2. The number of aliphatic hydroxyl groups is 1. The summed E-state index contributed by atoms with van der Waals surface area (Å²) in [4.78, 5) is 2.63. The first kappa shape index (κ1) is 15.2. The van der Waals surface area contributed by atoms with Gasteiger partial charge in [0, 0.05) is 31.3 Å². The lowest BCUT2D eigenvalue weighted by atomic mass is 9.98. The van der Waals surface area contributed by atoms with Gasteiger partial charge in [0.2, 0.25) is 0 Å². The molecule has 2 aliphatic carbocycles. The molecule has 112 valence electrons. The zero-order valence-corrected chi connectivity index (χ0v) is 12.5. The van der Waals surface area contributed by atoms with Crippen molar-refractivity contribution in [3.8, 4) is 0 Å². The van der Waals surface area contributed by atoms with E-state index in [2.05, 4.69) is 17.1 Å². The van der Waals surface area contributed by atoms with E-state index in [0.717, 1.165) is 45.0 Å². The van der Waals surface area contributed by atoms with Crippen molar-refractivity contribution in [2.45, 2.75) is 63.1 Å². The Morgan fingerprint density at radius 3 is 2.68 bits per heavy atom. The number of nitrogens with one attached hydrogen (secondary N) is 1. The third kappa shape index (κ3) is 3.91. The third-order valence-electron chi connectivity index (χ3n) is 4.67. The van der Waals surface area contributed by atoms with Crippen LogP contribution in [0, 0.1) is 0 Å². The molecule has 0 aliphatic heterocycles. The highest BCUT2D eigenvalue weighted by Gasteiger charge is 2.43. The first-order chi connectivity index (χ1) is 9.24. The van der Waals surface area contributed by atoms with Gasteiger partial charge < -0.3 is 15.2 Å². The second-order valence-electron chi connectivity index (χ2n) is 6.22. The molecule has 2 saturated carbocycles. The molecule has 2 unspecified atom stereocenters. The zero-order chi connectivity index (χ0) is 13.7. The summed E-state index contributed by atoms with van der Waals surface area (Å²) < 4.78 is 5.25. The van der Waals surface area contributed by atoms with Crippen LogP contribution in [0.5, 0.6) is 0 Å². The number of ether oxygens (including phenoxy) is 1. The lowest BCUT2D eigenvalue weighted by Gasteiger charge is -2.32. The second kappa shape index (κ2) is 7.02. The molecule has 4 heteroatoms. The van der Waals surface area contributed by atoms with Crippen molar-refractivity contribution in [1.82, 2.24) is 10.2 Å². The van der Waals surface area contributed by atoms with E-state index >= 15 is 0 Å². The van der Waals surface area contributed by atoms with Crippen LogP contribution >= 0.6 is 0 Å². The zero-order valence-electron chi connectivity index (χ0n) is 12.5. The molecular weight excluding hydrogens is 240 g/mol. The number of methoxy groups -OCH3 is 1. The van der Waals surface area contributed by atoms with Gasteiger partial charge in [-0.05, 0) is 45.1 Å². The molecule has 0 amide bonds. The minimum absolute atomic E-state index is 0.0269. The Bertz CT molecular complexity index is 271. The molecule has 2 aliphatic rings. The fourth-order valence-electron chi connectivity index (χ4n) is 3.40. The number of aliphatic hydroxyl groups excluding tert-OH is 1. The van der Waals surface area contributed by atoms with Crippen LogP contribution in [0.3, 0.4) is 0 Å². The molecule has 0 aromatic carbocycles. The number of nitrogens with zero attached hydrogens (tertiary/aromatic N) is 1. The molecule has 0 radical (unpaired) electrons. The van der Waals surface area contributed by atoms with Gasteiger partial charge in [-0.3, -0.25) is 4.90 Å². The first-order valence-electron chi connectivity index (χ1n) is 7.85. The Morgan fingerprint density at radius 1 is 1.32 bits per heavy atom. The fourth-order valence-corrected chi connectivity index (χ4v) is 3.40. The highest BCUT2D eigenvalue weighted by atomic mass is 16.5. The van der Waals surface area contributed by atoms with Gasteiger partial charge in [-0.2, -0.15) is 0 Å². The van der Waals surface area contributed by atoms with Crippen LogP contribution in [-0.2, 0) is 4.74 Å². The highest BCUT2D eigenvalue weighted by Crippen LogP contribution is 2.38. The van der Waals surface area contributed by atoms with Gasteiger partial charge in [0.1, 0.15) is 0 Å². The van der Waals surface area contributed by atoms with E-state index in [4.69, 9.17) is 4.74 Å². The summed E-state index contributed by atoms with van der Waals surface area (Å²) in [5.74, 6) is 0. The van der Waals surface area contributed by atoms with Crippen LogP contribution in [0.15, 0.2) is 0 Å². The van der Waals surface area contributed by atoms with Crippen molar-refractivity contribution >= 4 is 0 Å². The molecule has 2 N–H and O–H groups in total. The predicted octanol–water partition coefficient (Wildman–Crippen LogP) is 1.38. The summed E-state index contributed by atoms with van der Waals surface area (Å²) in [5.41, 5.74) is -0.0269. The van der Waals surface area contributed by atoms with Crippen molar-refractivity contribution in [3.05, 3.63) is 0 Å². The smallest absolute Gasteiger partial charge is 0.0613 e. The highest BCUT2D eigenvalue weighted by molar-refractivity contribution is 5.02. The van der Waals surface area contributed by atoms with Crippen LogP contribution in [-0.4, -0.2) is 61.0 Å². The maximum Gasteiger partial charge on any atom is 0.0613 e. The van der Waals surface area contributed by atoms with Gasteiger partial charge in [-0.25, -0.2) is 0 Å². The SMILES string of the molecule is CCCNC1(CO)CCC(N(CCOC)C2CC2)C1. The Labute approximate surface area is 117 Å². The molecule has 2 rings (SSSR count). The molecule has 2 fully saturated rings. The summed E-state index contributed by atoms with van der Waals surface area (Å²) in [5, 5.41) is 13.4. The molecule has 0 heterocycles. The molecule has 2 atom stereocenters. The minimum atomic E-state index is -0.0269. The van der Waals surface area contributed by atoms with Gasteiger partial charge in [-0.15, -0.1) is 0 Å². The first-order valence-corrected chi connectivity index (χ1v) is 7.85. The lowest BCUT2D eigenvalue weighted by molar-refractivity contribution is 0.103. The minimum Gasteiger partial charge on any atom is -0.394 e. The fraction of sp³-hybridized carbons (Fsp3) is 1.00. The summed E-state index contributed by atoms with van der Waals surface area (Å²) in [6.07, 6.45) is 7.21. The lowest BCUT2D eigenvalue weighted by Crippen LogP contribution is -2.48. The van der Waals surface area contributed by atoms with Crippen molar-refractivity contribution in [2.75, 3.05) is 33.4 Å². The molecule has 4 nitrogen and oxygen atoms in total. The van der Waals surface area contributed by atoms with Crippen LogP contribution in [0.4, 0.5) is 0 Å². The van der Waals surface area contributed by atoms with Crippen molar-refractivity contribution < 1.29 is 9.84 Å². The van der Waals surface area contributed by atoms with Crippen LogP contribution in [0.2, 0.25) is 0 Å². The van der Waals surface area contributed by atoms with Gasteiger partial charge >= 0.3 is 0 Å². The average Bonchev–Trinajstić information content (AvgIpc) is 3.18. The largest absolute Gasteiger partial charge is 0.394 e. The average molecular weight is 270 g/mol. The van der Waals surface area contributed by atoms with Gasteiger partial charge in [0.25, 0.3) is 0 Å². The van der Waals surface area contributed by atoms with Crippen LogP contribution in [0.1, 0.15) is 45.4 Å². The number of hydrogen-bond acceptors (Lipinski definition) is 4. The maximum absolute atomic E-state index is 9.77. The van der Waals surface area contributed by atoms with Crippen molar-refractivity contribution in [2.24, 2.45) is 0 Å². The Kier molecular flexibility index (Phi) is 5.63. The summed E-state index contributed by atoms with van der Waals surface area (Å²) in [6.45, 7) is 5.32. The monoisotopic (exact) mass is 270 g/mol. The van der Waals surface area contributed by atoms with Crippen LogP contribution in [0.25, 0.3) is 0 Å². The standard InChI is InChI=1S/C15H30N2O2/c1-3-8-16-15(12-18)7-6-14(11-15)17(9-10-19-2)13-4-5-13/h13-14,16,18H,3-12H2,1-2H3. The Morgan fingerprint density at radius 2 is 2.11 bits per heavy atom. The van der Waals surface area contributed by atoms with E-state index in [1.165, 1.54) is 19.3 Å².